The Kier molecular flexibility index (Phi) is 5.56. The highest BCUT2D eigenvalue weighted by atomic mass is 32.2. The Bertz CT molecular complexity index is 1330. The van der Waals surface area contributed by atoms with Crippen molar-refractivity contribution in [2.24, 2.45) is 5.92 Å². The van der Waals surface area contributed by atoms with Crippen LogP contribution in [0.1, 0.15) is 30.7 Å². The fourth-order valence-electron chi connectivity index (χ4n) is 3.99. The molecule has 8 nitrogen and oxygen atoms in total. The van der Waals surface area contributed by atoms with Gasteiger partial charge in [-0.05, 0) is 55.0 Å². The van der Waals surface area contributed by atoms with Crippen molar-refractivity contribution >= 4 is 62.2 Å². The van der Waals surface area contributed by atoms with Crippen LogP contribution in [0.2, 0.25) is 0 Å². The number of rotatable bonds is 5. The summed E-state index contributed by atoms with van der Waals surface area (Å²) in [5, 5.41) is 16.1. The summed E-state index contributed by atoms with van der Waals surface area (Å²) >= 11 is 3.09. The smallest absolute Gasteiger partial charge is 0.234 e. The molecule has 1 aliphatic carbocycles. The van der Waals surface area contributed by atoms with E-state index in [0.717, 1.165) is 28.7 Å². The SMILES string of the molecule is CC(=O)Nc1ccc(NC(=O)CSc2nnc3c4c5c(sc4ncn23)C[C@@H](C)CC5)cc1. The van der Waals surface area contributed by atoms with Gasteiger partial charge in [0.1, 0.15) is 11.2 Å². The topological polar surface area (TPSA) is 101 Å². The number of thioether (sulfide) groups is 1. The van der Waals surface area contributed by atoms with Gasteiger partial charge in [-0.1, -0.05) is 18.7 Å². The second-order valence-electron chi connectivity index (χ2n) is 8.05. The fraction of sp³-hybridized carbons (Fsp3) is 0.318. The minimum atomic E-state index is -0.144. The lowest BCUT2D eigenvalue weighted by molar-refractivity contribution is -0.114. The summed E-state index contributed by atoms with van der Waals surface area (Å²) in [5.41, 5.74) is 3.53. The first kappa shape index (κ1) is 20.9. The average molecular weight is 467 g/mol. The van der Waals surface area contributed by atoms with Crippen LogP contribution in [0.5, 0.6) is 0 Å². The van der Waals surface area contributed by atoms with Crippen LogP contribution in [0.4, 0.5) is 11.4 Å². The molecular weight excluding hydrogens is 444 g/mol. The van der Waals surface area contributed by atoms with Crippen molar-refractivity contribution in [1.82, 2.24) is 19.6 Å². The molecule has 2 amide bonds. The molecule has 2 N–H and O–H groups in total. The van der Waals surface area contributed by atoms with E-state index in [0.29, 0.717) is 22.4 Å². The van der Waals surface area contributed by atoms with Gasteiger partial charge in [-0.25, -0.2) is 4.98 Å². The lowest BCUT2D eigenvalue weighted by atomic mass is 9.89. The van der Waals surface area contributed by atoms with Crippen LogP contribution in [-0.2, 0) is 22.4 Å². The predicted molar refractivity (Wildman–Crippen MR) is 127 cm³/mol. The van der Waals surface area contributed by atoms with Gasteiger partial charge < -0.3 is 10.6 Å². The minimum Gasteiger partial charge on any atom is -0.326 e. The van der Waals surface area contributed by atoms with E-state index in [-0.39, 0.29) is 17.6 Å². The van der Waals surface area contributed by atoms with Gasteiger partial charge in [-0.2, -0.15) is 0 Å². The van der Waals surface area contributed by atoms with Crippen LogP contribution in [-0.4, -0.2) is 37.1 Å². The molecule has 5 rings (SSSR count). The molecule has 0 radical (unpaired) electrons. The lowest BCUT2D eigenvalue weighted by Crippen LogP contribution is -2.14. The molecule has 3 aromatic heterocycles. The fourth-order valence-corrected chi connectivity index (χ4v) is 6.03. The number of anilines is 2. The van der Waals surface area contributed by atoms with Crippen molar-refractivity contribution in [3.05, 3.63) is 41.0 Å². The highest BCUT2D eigenvalue weighted by molar-refractivity contribution is 7.99. The number of fused-ring (bicyclic) bond motifs is 5. The van der Waals surface area contributed by atoms with E-state index in [4.69, 9.17) is 0 Å². The second kappa shape index (κ2) is 8.51. The minimum absolute atomic E-state index is 0.136. The third-order valence-corrected chi connectivity index (χ3v) is 7.60. The second-order valence-corrected chi connectivity index (χ2v) is 10.1. The number of hydrogen-bond donors (Lipinski definition) is 2. The predicted octanol–water partition coefficient (Wildman–Crippen LogP) is 4.15. The lowest BCUT2D eigenvalue weighted by Gasteiger charge is -2.17. The quantitative estimate of drug-likeness (QED) is 0.429. The third kappa shape index (κ3) is 4.07. The molecule has 0 aliphatic heterocycles. The van der Waals surface area contributed by atoms with E-state index >= 15 is 0 Å². The van der Waals surface area contributed by atoms with Crippen LogP contribution in [0.15, 0.2) is 35.7 Å². The summed E-state index contributed by atoms with van der Waals surface area (Å²) in [4.78, 5) is 30.6. The highest BCUT2D eigenvalue weighted by Gasteiger charge is 2.24. The van der Waals surface area contributed by atoms with Gasteiger partial charge in [0.15, 0.2) is 10.8 Å². The monoisotopic (exact) mass is 466 g/mol. The average Bonchev–Trinajstić information content (AvgIpc) is 3.33. The molecule has 10 heteroatoms. The van der Waals surface area contributed by atoms with Crippen LogP contribution in [0.25, 0.3) is 15.9 Å². The summed E-state index contributed by atoms with van der Waals surface area (Å²) in [6.07, 6.45) is 5.09. The van der Waals surface area contributed by atoms with Crippen molar-refractivity contribution in [3.63, 3.8) is 0 Å². The number of carbonyl (C=O) groups is 2. The van der Waals surface area contributed by atoms with Gasteiger partial charge in [0, 0.05) is 23.2 Å². The van der Waals surface area contributed by atoms with E-state index in [9.17, 15) is 9.59 Å². The number of aromatic nitrogens is 4. The first-order valence-corrected chi connectivity index (χ1v) is 12.2. The summed E-state index contributed by atoms with van der Waals surface area (Å²) in [6.45, 7) is 3.75. The van der Waals surface area contributed by atoms with Crippen molar-refractivity contribution in [3.8, 4) is 0 Å². The zero-order valence-electron chi connectivity index (χ0n) is 17.7. The number of thiophene rings is 1. The van der Waals surface area contributed by atoms with E-state index in [1.54, 1.807) is 41.9 Å². The largest absolute Gasteiger partial charge is 0.326 e. The van der Waals surface area contributed by atoms with Gasteiger partial charge in [-0.3, -0.25) is 14.0 Å². The van der Waals surface area contributed by atoms with Gasteiger partial charge in [0.25, 0.3) is 0 Å². The summed E-state index contributed by atoms with van der Waals surface area (Å²) in [7, 11) is 0. The van der Waals surface area contributed by atoms with Crippen molar-refractivity contribution < 1.29 is 9.59 Å². The van der Waals surface area contributed by atoms with E-state index in [1.165, 1.54) is 35.5 Å². The molecule has 0 saturated carbocycles. The Morgan fingerprint density at radius 2 is 1.94 bits per heavy atom. The third-order valence-electron chi connectivity index (χ3n) is 5.49. The Morgan fingerprint density at radius 3 is 2.69 bits per heavy atom. The standard InChI is InChI=1S/C22H22N6O2S2/c1-12-3-8-16-17(9-12)32-21-19(16)20-26-27-22(28(20)11-23-21)31-10-18(30)25-15-6-4-14(5-7-15)24-13(2)29/h4-7,11-12H,3,8-10H2,1-2H3,(H,24,29)(H,25,30)/t12-/m0/s1. The first-order valence-electron chi connectivity index (χ1n) is 10.4. The molecule has 4 aromatic rings. The van der Waals surface area contributed by atoms with Gasteiger partial charge in [0.2, 0.25) is 11.8 Å². The summed E-state index contributed by atoms with van der Waals surface area (Å²) in [6, 6.07) is 6.99. The van der Waals surface area contributed by atoms with E-state index < -0.39 is 0 Å². The van der Waals surface area contributed by atoms with Crippen LogP contribution in [0.3, 0.4) is 0 Å². The van der Waals surface area contributed by atoms with Crippen LogP contribution in [0, 0.1) is 5.92 Å². The first-order chi connectivity index (χ1) is 15.5. The van der Waals surface area contributed by atoms with Crippen molar-refractivity contribution in [2.45, 2.75) is 38.3 Å². The van der Waals surface area contributed by atoms with Crippen molar-refractivity contribution in [2.75, 3.05) is 16.4 Å². The molecule has 3 heterocycles. The molecule has 0 bridgehead atoms. The van der Waals surface area contributed by atoms with Gasteiger partial charge >= 0.3 is 0 Å². The maximum Gasteiger partial charge on any atom is 0.234 e. The Balaban J connectivity index is 1.30. The van der Waals surface area contributed by atoms with Crippen molar-refractivity contribution in [1.29, 1.82) is 0 Å². The molecule has 164 valence electrons. The Morgan fingerprint density at radius 1 is 1.19 bits per heavy atom. The zero-order chi connectivity index (χ0) is 22.2. The van der Waals surface area contributed by atoms with Gasteiger partial charge in [-0.15, -0.1) is 21.5 Å². The normalized spacial score (nSPS) is 15.6. The van der Waals surface area contributed by atoms with E-state index in [1.807, 2.05) is 4.40 Å². The highest BCUT2D eigenvalue weighted by Crippen LogP contribution is 2.39. The molecule has 0 saturated heterocycles. The summed E-state index contributed by atoms with van der Waals surface area (Å²) < 4.78 is 1.88. The number of nitrogens with one attached hydrogen (secondary N) is 2. The Hall–Kier alpha value is -2.98. The molecule has 32 heavy (non-hydrogen) atoms. The van der Waals surface area contributed by atoms with Crippen LogP contribution >= 0.6 is 23.1 Å². The van der Waals surface area contributed by atoms with Gasteiger partial charge in [0.05, 0.1) is 11.1 Å². The number of amides is 2. The molecule has 1 aromatic carbocycles. The molecule has 1 aliphatic rings. The number of carbonyl (C=O) groups excluding carboxylic acids is 2. The Labute approximate surface area is 192 Å². The maximum atomic E-state index is 12.4. The molecular formula is C22H22N6O2S2. The number of hydrogen-bond acceptors (Lipinski definition) is 7. The number of benzene rings is 1. The zero-order valence-corrected chi connectivity index (χ0v) is 19.3. The maximum absolute atomic E-state index is 12.4. The van der Waals surface area contributed by atoms with Crippen LogP contribution < -0.4 is 10.6 Å². The molecule has 0 fully saturated rings. The molecule has 1 atom stereocenters. The molecule has 0 unspecified atom stereocenters. The molecule has 0 spiro atoms. The summed E-state index contributed by atoms with van der Waals surface area (Å²) in [5.74, 6) is 0.625. The van der Waals surface area contributed by atoms with E-state index in [2.05, 4.69) is 32.7 Å². The number of aryl methyl sites for hydroxylation is 1. The number of nitrogens with zero attached hydrogens (tertiary/aromatic N) is 4.